The molecule has 0 fully saturated rings. The molecule has 5 nitrogen and oxygen atoms in total. The molecule has 0 atom stereocenters. The topological polar surface area (TPSA) is 59.1 Å². The van der Waals surface area contributed by atoms with Gasteiger partial charge in [-0.25, -0.2) is 4.98 Å². The molecule has 3 rings (SSSR count). The molecule has 0 spiro atoms. The largest absolute Gasteiger partial charge is 0.383 e. The third-order valence-electron chi connectivity index (χ3n) is 4.57. The molecule has 28 heavy (non-hydrogen) atoms. The summed E-state index contributed by atoms with van der Waals surface area (Å²) in [5, 5.41) is 6.79. The van der Waals surface area contributed by atoms with Gasteiger partial charge in [-0.2, -0.15) is 4.98 Å². The van der Waals surface area contributed by atoms with Crippen LogP contribution in [0.1, 0.15) is 30.9 Å². The fraction of sp³-hybridized carbons (Fsp3) is 0.304. The second kappa shape index (κ2) is 9.33. The van der Waals surface area contributed by atoms with Crippen LogP contribution in [0.2, 0.25) is 0 Å². The maximum Gasteiger partial charge on any atom is 0.229 e. The van der Waals surface area contributed by atoms with Gasteiger partial charge < -0.3 is 15.4 Å². The summed E-state index contributed by atoms with van der Waals surface area (Å²) in [6.07, 6.45) is 0. The van der Waals surface area contributed by atoms with Crippen LogP contribution in [0.15, 0.2) is 54.6 Å². The van der Waals surface area contributed by atoms with Crippen molar-refractivity contribution in [2.45, 2.75) is 26.7 Å². The molecule has 3 aromatic rings. The summed E-state index contributed by atoms with van der Waals surface area (Å²) >= 11 is 0. The molecule has 0 amide bonds. The number of anilines is 3. The zero-order chi connectivity index (χ0) is 19.9. The first-order valence-electron chi connectivity index (χ1n) is 9.62. The van der Waals surface area contributed by atoms with E-state index in [4.69, 9.17) is 9.72 Å². The van der Waals surface area contributed by atoms with Crippen LogP contribution in [-0.2, 0) is 4.74 Å². The van der Waals surface area contributed by atoms with Gasteiger partial charge in [0, 0.05) is 31.0 Å². The first-order valence-corrected chi connectivity index (χ1v) is 9.62. The van der Waals surface area contributed by atoms with E-state index in [0.717, 1.165) is 22.8 Å². The van der Waals surface area contributed by atoms with Crippen LogP contribution in [-0.4, -0.2) is 30.2 Å². The van der Waals surface area contributed by atoms with E-state index in [1.54, 1.807) is 7.11 Å². The molecule has 0 saturated heterocycles. The van der Waals surface area contributed by atoms with E-state index in [2.05, 4.69) is 66.7 Å². The number of methoxy groups -OCH3 is 1. The van der Waals surface area contributed by atoms with Gasteiger partial charge in [0.1, 0.15) is 5.82 Å². The van der Waals surface area contributed by atoms with Crippen molar-refractivity contribution < 1.29 is 4.74 Å². The molecule has 1 aromatic heterocycles. The number of rotatable bonds is 8. The van der Waals surface area contributed by atoms with Crippen LogP contribution in [0, 0.1) is 6.92 Å². The predicted molar refractivity (Wildman–Crippen MR) is 116 cm³/mol. The molecule has 0 saturated carbocycles. The first kappa shape index (κ1) is 19.8. The molecule has 0 unspecified atom stereocenters. The van der Waals surface area contributed by atoms with Gasteiger partial charge in [0.15, 0.2) is 0 Å². The Morgan fingerprint density at radius 2 is 1.79 bits per heavy atom. The fourth-order valence-corrected chi connectivity index (χ4v) is 3.09. The van der Waals surface area contributed by atoms with Gasteiger partial charge in [-0.1, -0.05) is 62.4 Å². The number of aryl methyl sites for hydroxylation is 1. The molecular weight excluding hydrogens is 348 g/mol. The monoisotopic (exact) mass is 376 g/mol. The zero-order valence-electron chi connectivity index (χ0n) is 17.0. The quantitative estimate of drug-likeness (QED) is 0.517. The maximum atomic E-state index is 5.14. The van der Waals surface area contributed by atoms with E-state index in [1.165, 1.54) is 11.1 Å². The van der Waals surface area contributed by atoms with Crippen molar-refractivity contribution in [1.82, 2.24) is 9.97 Å². The zero-order valence-corrected chi connectivity index (χ0v) is 17.0. The van der Waals surface area contributed by atoms with Crippen LogP contribution >= 0.6 is 0 Å². The highest BCUT2D eigenvalue weighted by molar-refractivity contribution is 5.69. The minimum atomic E-state index is 0.402. The molecule has 0 aliphatic carbocycles. The fourth-order valence-electron chi connectivity index (χ4n) is 3.09. The Hall–Kier alpha value is -2.92. The highest BCUT2D eigenvalue weighted by Gasteiger charge is 2.12. The van der Waals surface area contributed by atoms with E-state index in [-0.39, 0.29) is 0 Å². The van der Waals surface area contributed by atoms with Crippen molar-refractivity contribution in [1.29, 1.82) is 0 Å². The van der Waals surface area contributed by atoms with Crippen LogP contribution < -0.4 is 10.6 Å². The van der Waals surface area contributed by atoms with Gasteiger partial charge in [-0.3, -0.25) is 0 Å². The van der Waals surface area contributed by atoms with Gasteiger partial charge in [-0.15, -0.1) is 0 Å². The van der Waals surface area contributed by atoms with E-state index in [1.807, 2.05) is 24.3 Å². The van der Waals surface area contributed by atoms with Crippen LogP contribution in [0.4, 0.5) is 17.5 Å². The summed E-state index contributed by atoms with van der Waals surface area (Å²) in [6, 6.07) is 18.5. The number of benzene rings is 2. The molecule has 2 N–H and O–H groups in total. The Labute approximate surface area is 167 Å². The average Bonchev–Trinajstić information content (AvgIpc) is 2.70. The second-order valence-electron chi connectivity index (χ2n) is 7.07. The Kier molecular flexibility index (Phi) is 6.61. The lowest BCUT2D eigenvalue weighted by Crippen LogP contribution is -2.11. The first-order chi connectivity index (χ1) is 13.6. The maximum absolute atomic E-state index is 5.14. The molecule has 2 aromatic carbocycles. The highest BCUT2D eigenvalue weighted by Crippen LogP contribution is 2.30. The molecule has 5 heteroatoms. The van der Waals surface area contributed by atoms with Crippen molar-refractivity contribution >= 4 is 17.5 Å². The van der Waals surface area contributed by atoms with E-state index >= 15 is 0 Å². The summed E-state index contributed by atoms with van der Waals surface area (Å²) < 4.78 is 5.14. The minimum Gasteiger partial charge on any atom is -0.383 e. The van der Waals surface area contributed by atoms with Crippen LogP contribution in [0.5, 0.6) is 0 Å². The number of hydrogen-bond donors (Lipinski definition) is 2. The second-order valence-corrected chi connectivity index (χ2v) is 7.07. The van der Waals surface area contributed by atoms with E-state index in [9.17, 15) is 0 Å². The van der Waals surface area contributed by atoms with Crippen molar-refractivity contribution in [3.63, 3.8) is 0 Å². The average molecular weight is 377 g/mol. The third kappa shape index (κ3) is 4.87. The number of nitrogens with zero attached hydrogens (tertiary/aromatic N) is 2. The third-order valence-corrected chi connectivity index (χ3v) is 4.57. The molecule has 1 heterocycles. The molecule has 0 bridgehead atoms. The summed E-state index contributed by atoms with van der Waals surface area (Å²) in [5.41, 5.74) is 5.43. The van der Waals surface area contributed by atoms with Gasteiger partial charge in [0.05, 0.1) is 12.3 Å². The Morgan fingerprint density at radius 1 is 1.00 bits per heavy atom. The number of para-hydroxylation sites is 1. The van der Waals surface area contributed by atoms with E-state index < -0.39 is 0 Å². The van der Waals surface area contributed by atoms with Crippen molar-refractivity contribution in [2.24, 2.45) is 0 Å². The molecule has 0 aliphatic rings. The lowest BCUT2D eigenvalue weighted by Gasteiger charge is -2.17. The normalized spacial score (nSPS) is 10.9. The Balaban J connectivity index is 1.99. The number of ether oxygens (including phenoxy) is 1. The van der Waals surface area contributed by atoms with Gasteiger partial charge in [-0.05, 0) is 24.0 Å². The highest BCUT2D eigenvalue weighted by atomic mass is 16.5. The Morgan fingerprint density at radius 3 is 2.50 bits per heavy atom. The predicted octanol–water partition coefficient (Wildman–Crippen LogP) is 5.38. The smallest absolute Gasteiger partial charge is 0.229 e. The SMILES string of the molecule is COCCNc1cc(-c2ccccc2)nc(Nc2c(C)cccc2C(C)C)n1. The van der Waals surface area contributed by atoms with Crippen LogP contribution in [0.3, 0.4) is 0 Å². The van der Waals surface area contributed by atoms with Gasteiger partial charge in [0.25, 0.3) is 0 Å². The van der Waals surface area contributed by atoms with Gasteiger partial charge in [0.2, 0.25) is 5.95 Å². The van der Waals surface area contributed by atoms with Crippen LogP contribution in [0.25, 0.3) is 11.3 Å². The summed E-state index contributed by atoms with van der Waals surface area (Å²) in [5.74, 6) is 1.75. The lowest BCUT2D eigenvalue weighted by molar-refractivity contribution is 0.210. The Bertz CT molecular complexity index is 910. The lowest BCUT2D eigenvalue weighted by atomic mass is 9.98. The number of aromatic nitrogens is 2. The summed E-state index contributed by atoms with van der Waals surface area (Å²) in [6.45, 7) is 7.79. The summed E-state index contributed by atoms with van der Waals surface area (Å²) in [4.78, 5) is 9.45. The van der Waals surface area contributed by atoms with E-state index in [0.29, 0.717) is 25.0 Å². The molecule has 146 valence electrons. The molecule has 0 radical (unpaired) electrons. The number of hydrogen-bond acceptors (Lipinski definition) is 5. The number of nitrogens with one attached hydrogen (secondary N) is 2. The standard InChI is InChI=1S/C23H28N4O/c1-16(2)19-12-8-9-17(3)22(19)27-23-25-20(18-10-6-5-7-11-18)15-21(26-23)24-13-14-28-4/h5-12,15-16H,13-14H2,1-4H3,(H2,24,25,26,27). The molecule has 0 aliphatic heterocycles. The van der Waals surface area contributed by atoms with Crippen molar-refractivity contribution in [3.8, 4) is 11.3 Å². The summed E-state index contributed by atoms with van der Waals surface area (Å²) in [7, 11) is 1.69. The molecular formula is C23H28N4O. The van der Waals surface area contributed by atoms with Gasteiger partial charge >= 0.3 is 0 Å². The van der Waals surface area contributed by atoms with Crippen molar-refractivity contribution in [3.05, 3.63) is 65.7 Å². The minimum absolute atomic E-state index is 0.402. The van der Waals surface area contributed by atoms with Crippen molar-refractivity contribution in [2.75, 3.05) is 30.9 Å².